The van der Waals surface area contributed by atoms with Crippen molar-refractivity contribution in [2.75, 3.05) is 25.5 Å². The number of esters is 1. The molecule has 0 spiro atoms. The number of aliphatic hydroxyl groups excluding tert-OH is 1. The fourth-order valence-corrected chi connectivity index (χ4v) is 6.18. The van der Waals surface area contributed by atoms with Gasteiger partial charge in [-0.05, 0) is 43.2 Å². The maximum Gasteiger partial charge on any atom is 0.309 e. The molecule has 1 aliphatic rings. The van der Waals surface area contributed by atoms with Gasteiger partial charge in [0, 0.05) is 24.5 Å². The van der Waals surface area contributed by atoms with Crippen LogP contribution >= 0.6 is 11.8 Å². The zero-order chi connectivity index (χ0) is 30.2. The normalized spacial score (nSPS) is 16.7. The summed E-state index contributed by atoms with van der Waals surface area (Å²) in [6, 6.07) is 19.2. The van der Waals surface area contributed by atoms with Crippen molar-refractivity contribution in [2.45, 2.75) is 56.4 Å². The Morgan fingerprint density at radius 3 is 2.29 bits per heavy atom. The van der Waals surface area contributed by atoms with Crippen LogP contribution in [0.5, 0.6) is 0 Å². The molecule has 7 nitrogen and oxygen atoms in total. The van der Waals surface area contributed by atoms with Crippen LogP contribution in [-0.4, -0.2) is 65.4 Å². The molecule has 1 heterocycles. The highest BCUT2D eigenvalue weighted by molar-refractivity contribution is 7.98. The Balaban J connectivity index is 1.65. The van der Waals surface area contributed by atoms with E-state index in [4.69, 9.17) is 4.74 Å². The topological polar surface area (TPSA) is 95.9 Å². The molecule has 0 radical (unpaired) electrons. The number of ether oxygens (including phenoxy) is 1. The number of hydrogen-bond donors (Lipinski definition) is 2. The molecule has 8 heteroatoms. The number of amides is 2. The highest BCUT2D eigenvalue weighted by atomic mass is 32.2. The van der Waals surface area contributed by atoms with E-state index in [2.05, 4.69) is 18.5 Å². The Bertz CT molecular complexity index is 1140. The predicted molar refractivity (Wildman–Crippen MR) is 169 cm³/mol. The number of aliphatic hydroxyl groups is 1. The molecule has 42 heavy (non-hydrogen) atoms. The number of hydrogen-bond acceptors (Lipinski definition) is 6. The van der Waals surface area contributed by atoms with Crippen LogP contribution in [0, 0.1) is 11.8 Å². The van der Waals surface area contributed by atoms with Crippen LogP contribution < -0.4 is 5.32 Å². The lowest BCUT2D eigenvalue weighted by Gasteiger charge is -2.26. The second-order valence-corrected chi connectivity index (χ2v) is 11.8. The molecule has 2 N–H and O–H groups in total. The summed E-state index contributed by atoms with van der Waals surface area (Å²) in [6.07, 6.45) is 6.40. The molecule has 0 bridgehead atoms. The van der Waals surface area contributed by atoms with Gasteiger partial charge in [0.1, 0.15) is 6.61 Å². The number of allylic oxidation sites excluding steroid dienone is 2. The summed E-state index contributed by atoms with van der Waals surface area (Å²) in [5, 5.41) is 12.7. The van der Waals surface area contributed by atoms with Crippen molar-refractivity contribution < 1.29 is 24.2 Å². The molecular weight excluding hydrogens is 548 g/mol. The second kappa shape index (κ2) is 18.2. The van der Waals surface area contributed by atoms with Gasteiger partial charge in [-0.3, -0.25) is 14.4 Å². The number of likely N-dealkylation sites (tertiary alicyclic amines) is 1. The molecule has 1 aliphatic heterocycles. The van der Waals surface area contributed by atoms with Crippen LogP contribution in [0.15, 0.2) is 86.0 Å². The van der Waals surface area contributed by atoms with Gasteiger partial charge in [0.05, 0.1) is 30.5 Å². The Kier molecular flexibility index (Phi) is 14.4. The zero-order valence-corrected chi connectivity index (χ0v) is 25.2. The van der Waals surface area contributed by atoms with Crippen molar-refractivity contribution in [3.63, 3.8) is 0 Å². The lowest BCUT2D eigenvalue weighted by atomic mass is 9.96. The largest absolute Gasteiger partial charge is 0.463 e. The van der Waals surface area contributed by atoms with Crippen molar-refractivity contribution in [2.24, 2.45) is 11.8 Å². The number of benzene rings is 2. The van der Waals surface area contributed by atoms with Gasteiger partial charge >= 0.3 is 5.97 Å². The van der Waals surface area contributed by atoms with Gasteiger partial charge in [-0.1, -0.05) is 72.8 Å². The molecule has 4 atom stereocenters. The molecule has 0 saturated carbocycles. The quantitative estimate of drug-likeness (QED) is 0.188. The maximum atomic E-state index is 13.5. The molecule has 2 amide bonds. The second-order valence-electron chi connectivity index (χ2n) is 10.7. The first-order valence-electron chi connectivity index (χ1n) is 14.7. The van der Waals surface area contributed by atoms with E-state index in [1.165, 1.54) is 0 Å². The highest BCUT2D eigenvalue weighted by Crippen LogP contribution is 2.22. The van der Waals surface area contributed by atoms with Gasteiger partial charge in [-0.15, -0.1) is 13.2 Å². The average Bonchev–Trinajstić information content (AvgIpc) is 3.49. The molecule has 0 aliphatic carbocycles. The van der Waals surface area contributed by atoms with E-state index < -0.39 is 12.0 Å². The Morgan fingerprint density at radius 1 is 1.00 bits per heavy atom. The first-order valence-corrected chi connectivity index (χ1v) is 15.8. The molecular formula is C34H44N2O5S. The van der Waals surface area contributed by atoms with Crippen LogP contribution in [0.4, 0.5) is 0 Å². The summed E-state index contributed by atoms with van der Waals surface area (Å²) in [4.78, 5) is 41.3. The van der Waals surface area contributed by atoms with Crippen LogP contribution in [0.25, 0.3) is 0 Å². The first-order chi connectivity index (χ1) is 20.4. The summed E-state index contributed by atoms with van der Waals surface area (Å²) in [7, 11) is 0. The Hall–Kier alpha value is -3.36. The lowest BCUT2D eigenvalue weighted by molar-refractivity contribution is -0.149. The fourth-order valence-electron chi connectivity index (χ4n) is 5.17. The monoisotopic (exact) mass is 592 g/mol. The van der Waals surface area contributed by atoms with E-state index in [0.29, 0.717) is 31.6 Å². The Labute approximate surface area is 254 Å². The van der Waals surface area contributed by atoms with E-state index in [0.717, 1.165) is 29.7 Å². The van der Waals surface area contributed by atoms with Crippen LogP contribution in [0.2, 0.25) is 0 Å². The third kappa shape index (κ3) is 10.8. The summed E-state index contributed by atoms with van der Waals surface area (Å²) < 4.78 is 5.79. The summed E-state index contributed by atoms with van der Waals surface area (Å²) >= 11 is 1.65. The molecule has 2 aromatic rings. The van der Waals surface area contributed by atoms with Gasteiger partial charge in [-0.25, -0.2) is 0 Å². The number of rotatable bonds is 18. The minimum atomic E-state index is -0.598. The number of nitrogens with zero attached hydrogens (tertiary/aromatic N) is 1. The first kappa shape index (κ1) is 33.1. The molecule has 226 valence electrons. The molecule has 0 aromatic heterocycles. The lowest BCUT2D eigenvalue weighted by Crippen LogP contribution is -2.45. The smallest absolute Gasteiger partial charge is 0.309 e. The van der Waals surface area contributed by atoms with Crippen molar-refractivity contribution >= 4 is 29.5 Å². The van der Waals surface area contributed by atoms with Crippen molar-refractivity contribution in [1.29, 1.82) is 0 Å². The molecule has 0 unspecified atom stereocenters. The van der Waals surface area contributed by atoms with Gasteiger partial charge < -0.3 is 20.1 Å². The van der Waals surface area contributed by atoms with E-state index in [1.807, 2.05) is 60.7 Å². The summed E-state index contributed by atoms with van der Waals surface area (Å²) in [5.41, 5.74) is 2.21. The molecule has 2 aromatic carbocycles. The van der Waals surface area contributed by atoms with E-state index >= 15 is 0 Å². The van der Waals surface area contributed by atoms with E-state index in [-0.39, 0.29) is 49.4 Å². The van der Waals surface area contributed by atoms with Gasteiger partial charge in [0.25, 0.3) is 0 Å². The third-order valence-electron chi connectivity index (χ3n) is 7.46. The summed E-state index contributed by atoms with van der Waals surface area (Å²) in [5.74, 6) is -0.414. The number of nitrogens with one attached hydrogen (secondary N) is 1. The van der Waals surface area contributed by atoms with E-state index in [9.17, 15) is 19.5 Å². The molecule has 3 rings (SSSR count). The number of carbonyl (C=O) groups excluding carboxylic acids is 3. The zero-order valence-electron chi connectivity index (χ0n) is 24.4. The number of thioether (sulfide) groups is 1. The van der Waals surface area contributed by atoms with Crippen molar-refractivity contribution in [3.8, 4) is 0 Å². The fraction of sp³-hybridized carbons (Fsp3) is 0.441. The maximum absolute atomic E-state index is 13.5. The molecule has 1 saturated heterocycles. The van der Waals surface area contributed by atoms with Gasteiger partial charge in [0.2, 0.25) is 11.8 Å². The Morgan fingerprint density at radius 2 is 1.64 bits per heavy atom. The van der Waals surface area contributed by atoms with Crippen LogP contribution in [-0.2, 0) is 31.3 Å². The SMILES string of the molecule is C=CC[C@@H](CC(=O)N1CCC[C@H]1CO)C(=O)N[C@H](COC(=O)[C@H](CC=C)Cc1ccccc1)CSCc1ccccc1. The van der Waals surface area contributed by atoms with Gasteiger partial charge in [0.15, 0.2) is 0 Å². The highest BCUT2D eigenvalue weighted by Gasteiger charge is 2.32. The van der Waals surface area contributed by atoms with Gasteiger partial charge in [-0.2, -0.15) is 11.8 Å². The third-order valence-corrected chi connectivity index (χ3v) is 8.64. The van der Waals surface area contributed by atoms with E-state index in [1.54, 1.807) is 28.8 Å². The van der Waals surface area contributed by atoms with Crippen LogP contribution in [0.1, 0.15) is 43.2 Å². The average molecular weight is 593 g/mol. The predicted octanol–water partition coefficient (Wildman–Crippen LogP) is 4.95. The number of carbonyl (C=O) groups is 3. The minimum absolute atomic E-state index is 0.0300. The van der Waals surface area contributed by atoms with Crippen molar-refractivity contribution in [1.82, 2.24) is 10.2 Å². The standard InChI is InChI=1S/C34H44N2O5S/c1-3-12-28(21-32(38)36-19-11-18-31(36)22-37)33(39)35-30(25-42-24-27-16-9-6-10-17-27)23-41-34(40)29(13-4-2)20-26-14-7-5-8-15-26/h3-10,14-17,28-31,37H,1-2,11-13,18-25H2,(H,35,39)/t28-,29+,30+,31-/m0/s1. The molecule has 1 fully saturated rings. The van der Waals surface area contributed by atoms with Crippen LogP contribution in [0.3, 0.4) is 0 Å². The minimum Gasteiger partial charge on any atom is -0.463 e. The van der Waals surface area contributed by atoms with Crippen molar-refractivity contribution in [3.05, 3.63) is 97.1 Å². The summed E-state index contributed by atoms with van der Waals surface area (Å²) in [6.45, 7) is 8.14.